The monoisotopic (exact) mass is 253 g/mol. The maximum atomic E-state index is 11.3. The van der Waals surface area contributed by atoms with E-state index in [1.165, 1.54) is 9.60 Å². The summed E-state index contributed by atoms with van der Waals surface area (Å²) in [6.07, 6.45) is -0.350. The summed E-state index contributed by atoms with van der Waals surface area (Å²) in [5.74, 6) is 0. The molecule has 5 heteroatoms. The van der Waals surface area contributed by atoms with Crippen LogP contribution in [0.1, 0.15) is 0 Å². The number of hydrogen-bond donors (Lipinski definition) is 0. The van der Waals surface area contributed by atoms with Crippen molar-refractivity contribution < 1.29 is 8.98 Å². The van der Waals surface area contributed by atoms with Gasteiger partial charge in [-0.25, -0.2) is 4.79 Å². The number of thiophene rings is 1. The number of hydrogen-bond acceptors (Lipinski definition) is 4. The third-order valence-electron chi connectivity index (χ3n) is 2.02. The Morgan fingerprint density at radius 1 is 1.38 bits per heavy atom. The highest BCUT2D eigenvalue weighted by molar-refractivity contribution is 7.95. The number of nitrogens with zero attached hydrogens (tertiary/aromatic N) is 1. The SMILES string of the molecule is CN(C)C(=O)OSc1cccc2sccc12. The summed E-state index contributed by atoms with van der Waals surface area (Å²) in [7, 11) is 3.32. The quantitative estimate of drug-likeness (QED) is 0.766. The molecular formula is C11H11NO2S2. The molecule has 84 valence electrons. The summed E-state index contributed by atoms with van der Waals surface area (Å²) < 4.78 is 6.28. The molecule has 16 heavy (non-hydrogen) atoms. The molecule has 1 aromatic heterocycles. The van der Waals surface area contributed by atoms with Crippen LogP contribution in [0.3, 0.4) is 0 Å². The number of benzene rings is 1. The molecule has 2 aromatic rings. The average Bonchev–Trinajstić information content (AvgIpc) is 2.73. The van der Waals surface area contributed by atoms with Crippen molar-refractivity contribution in [1.29, 1.82) is 0 Å². The first kappa shape index (κ1) is 11.3. The molecule has 2 rings (SSSR count). The first-order chi connectivity index (χ1) is 7.68. The van der Waals surface area contributed by atoms with Gasteiger partial charge < -0.3 is 9.08 Å². The van der Waals surface area contributed by atoms with Crippen molar-refractivity contribution >= 4 is 39.6 Å². The predicted molar refractivity (Wildman–Crippen MR) is 67.9 cm³/mol. The number of carbonyl (C=O) groups is 1. The minimum absolute atomic E-state index is 0.350. The van der Waals surface area contributed by atoms with Crippen molar-refractivity contribution in [2.24, 2.45) is 0 Å². The van der Waals surface area contributed by atoms with Gasteiger partial charge in [-0.3, -0.25) is 0 Å². The Morgan fingerprint density at radius 3 is 2.94 bits per heavy atom. The van der Waals surface area contributed by atoms with Gasteiger partial charge >= 0.3 is 6.09 Å². The third-order valence-corrected chi connectivity index (χ3v) is 3.67. The molecule has 1 aromatic carbocycles. The van der Waals surface area contributed by atoms with Crippen molar-refractivity contribution in [3.63, 3.8) is 0 Å². The van der Waals surface area contributed by atoms with Crippen LogP contribution in [0.25, 0.3) is 10.1 Å². The summed E-state index contributed by atoms with van der Waals surface area (Å²) >= 11 is 2.78. The molecule has 0 atom stereocenters. The normalized spacial score (nSPS) is 10.4. The van der Waals surface area contributed by atoms with Crippen LogP contribution < -0.4 is 0 Å². The lowest BCUT2D eigenvalue weighted by Crippen LogP contribution is -2.20. The fourth-order valence-corrected chi connectivity index (χ4v) is 2.78. The van der Waals surface area contributed by atoms with Crippen molar-refractivity contribution in [3.8, 4) is 0 Å². The molecule has 0 radical (unpaired) electrons. The molecule has 0 bridgehead atoms. The van der Waals surface area contributed by atoms with E-state index in [1.54, 1.807) is 25.4 Å². The van der Waals surface area contributed by atoms with Gasteiger partial charge in [-0.1, -0.05) is 6.07 Å². The smallest absolute Gasteiger partial charge is 0.370 e. The molecule has 0 fully saturated rings. The zero-order valence-electron chi connectivity index (χ0n) is 8.97. The maximum absolute atomic E-state index is 11.3. The number of carbonyl (C=O) groups excluding carboxylic acids is 1. The van der Waals surface area contributed by atoms with Gasteiger partial charge in [0.1, 0.15) is 0 Å². The molecule has 1 amide bonds. The Morgan fingerprint density at radius 2 is 2.19 bits per heavy atom. The Kier molecular flexibility index (Phi) is 3.36. The number of amides is 1. The van der Waals surface area contributed by atoms with E-state index in [2.05, 4.69) is 6.07 Å². The van der Waals surface area contributed by atoms with Crippen molar-refractivity contribution in [2.75, 3.05) is 14.1 Å². The Labute approximate surface area is 102 Å². The highest BCUT2D eigenvalue weighted by Gasteiger charge is 2.09. The van der Waals surface area contributed by atoms with E-state index in [-0.39, 0.29) is 6.09 Å². The van der Waals surface area contributed by atoms with Crippen molar-refractivity contribution in [1.82, 2.24) is 4.90 Å². The summed E-state index contributed by atoms with van der Waals surface area (Å²) in [6.45, 7) is 0. The molecule has 3 nitrogen and oxygen atoms in total. The van der Waals surface area contributed by atoms with Crippen LogP contribution in [0.4, 0.5) is 4.79 Å². The summed E-state index contributed by atoms with van der Waals surface area (Å²) in [6, 6.07) is 8.00. The lowest BCUT2D eigenvalue weighted by Gasteiger charge is -2.09. The first-order valence-corrected chi connectivity index (χ1v) is 6.32. The molecule has 0 unspecified atom stereocenters. The molecule has 0 saturated carbocycles. The molecule has 0 saturated heterocycles. The van der Waals surface area contributed by atoms with Gasteiger partial charge in [-0.05, 0) is 23.6 Å². The van der Waals surface area contributed by atoms with E-state index in [4.69, 9.17) is 4.18 Å². The van der Waals surface area contributed by atoms with Crippen molar-refractivity contribution in [2.45, 2.75) is 4.90 Å². The Balaban J connectivity index is 2.15. The van der Waals surface area contributed by atoms with Gasteiger partial charge in [-0.2, -0.15) is 0 Å². The second-order valence-electron chi connectivity index (χ2n) is 3.42. The van der Waals surface area contributed by atoms with Gasteiger partial charge in [0, 0.05) is 24.2 Å². The summed E-state index contributed by atoms with van der Waals surface area (Å²) in [4.78, 5) is 13.6. The number of fused-ring (bicyclic) bond motifs is 1. The van der Waals surface area contributed by atoms with Crippen LogP contribution in [0, 0.1) is 0 Å². The van der Waals surface area contributed by atoms with Crippen LogP contribution in [-0.4, -0.2) is 25.1 Å². The van der Waals surface area contributed by atoms with E-state index in [0.717, 1.165) is 22.3 Å². The highest BCUT2D eigenvalue weighted by atomic mass is 32.2. The van der Waals surface area contributed by atoms with Crippen LogP contribution in [0.15, 0.2) is 34.5 Å². The Bertz CT molecular complexity index is 507. The molecule has 0 aliphatic rings. The second kappa shape index (κ2) is 4.76. The standard InChI is InChI=1S/C11H11NO2S2/c1-12(2)11(13)14-16-10-5-3-4-9-8(10)6-7-15-9/h3-7H,1-2H3. The summed E-state index contributed by atoms with van der Waals surface area (Å²) in [5, 5.41) is 3.16. The highest BCUT2D eigenvalue weighted by Crippen LogP contribution is 2.31. The fourth-order valence-electron chi connectivity index (χ4n) is 1.19. The van der Waals surface area contributed by atoms with E-state index in [1.807, 2.05) is 23.6 Å². The van der Waals surface area contributed by atoms with Gasteiger partial charge in [-0.15, -0.1) is 11.3 Å². The van der Waals surface area contributed by atoms with Crippen LogP contribution >= 0.6 is 23.4 Å². The second-order valence-corrected chi connectivity index (χ2v) is 5.14. The van der Waals surface area contributed by atoms with E-state index in [0.29, 0.717) is 0 Å². The zero-order chi connectivity index (χ0) is 11.5. The van der Waals surface area contributed by atoms with Crippen LogP contribution in [0.2, 0.25) is 0 Å². The minimum Gasteiger partial charge on any atom is -0.370 e. The largest absolute Gasteiger partial charge is 0.421 e. The van der Waals surface area contributed by atoms with Crippen molar-refractivity contribution in [3.05, 3.63) is 29.6 Å². The predicted octanol–water partition coefficient (Wildman–Crippen LogP) is 3.61. The van der Waals surface area contributed by atoms with Gasteiger partial charge in [0.05, 0.1) is 16.9 Å². The van der Waals surface area contributed by atoms with Gasteiger partial charge in [0.2, 0.25) is 0 Å². The molecular weight excluding hydrogens is 242 g/mol. The lowest BCUT2D eigenvalue weighted by atomic mass is 10.3. The minimum atomic E-state index is -0.350. The third kappa shape index (κ3) is 2.31. The van der Waals surface area contributed by atoms with Gasteiger partial charge in [0.25, 0.3) is 0 Å². The summed E-state index contributed by atoms with van der Waals surface area (Å²) in [5.41, 5.74) is 0. The molecule has 0 N–H and O–H groups in total. The zero-order valence-corrected chi connectivity index (χ0v) is 10.6. The van der Waals surface area contributed by atoms with Crippen LogP contribution in [-0.2, 0) is 4.18 Å². The fraction of sp³-hybridized carbons (Fsp3) is 0.182. The van der Waals surface area contributed by atoms with E-state index >= 15 is 0 Å². The lowest BCUT2D eigenvalue weighted by molar-refractivity contribution is 0.180. The molecule has 0 aliphatic carbocycles. The molecule has 1 heterocycles. The van der Waals surface area contributed by atoms with E-state index < -0.39 is 0 Å². The first-order valence-electron chi connectivity index (χ1n) is 4.70. The topological polar surface area (TPSA) is 29.5 Å². The Hall–Kier alpha value is -1.20. The van der Waals surface area contributed by atoms with Gasteiger partial charge in [0.15, 0.2) is 0 Å². The van der Waals surface area contributed by atoms with Crippen LogP contribution in [0.5, 0.6) is 0 Å². The molecule has 0 spiro atoms. The number of rotatable bonds is 2. The maximum Gasteiger partial charge on any atom is 0.421 e. The molecule has 0 aliphatic heterocycles. The average molecular weight is 253 g/mol. The van der Waals surface area contributed by atoms with E-state index in [9.17, 15) is 4.79 Å².